The molecule has 1 fully saturated rings. The maximum Gasteiger partial charge on any atom is 0.573 e. The standard InChI is InChI=1S/C22H19F3N4O4/c1-31-19-7-2-14(11-26-19)18-10-15(12-27-20(18)29-8-9-32-13-29)21(30)28-16-3-5-17(6-4-16)33-22(23,24)25/h2-7,10-12H,8-9,13H2,1H3,(H,28,30). The average Bonchev–Trinajstić information content (AvgIpc) is 3.34. The third-order valence-corrected chi connectivity index (χ3v) is 4.78. The summed E-state index contributed by atoms with van der Waals surface area (Å²) in [6, 6.07) is 10.1. The van der Waals surface area contributed by atoms with Gasteiger partial charge in [0, 0.05) is 41.8 Å². The first-order chi connectivity index (χ1) is 15.8. The second-order valence-electron chi connectivity index (χ2n) is 7.01. The molecule has 1 saturated heterocycles. The summed E-state index contributed by atoms with van der Waals surface area (Å²) in [5, 5.41) is 2.64. The number of aromatic nitrogens is 2. The number of carbonyl (C=O) groups is 1. The van der Waals surface area contributed by atoms with E-state index in [0.29, 0.717) is 42.8 Å². The van der Waals surface area contributed by atoms with E-state index in [1.807, 2.05) is 11.0 Å². The number of amides is 1. The van der Waals surface area contributed by atoms with Crippen LogP contribution in [0.15, 0.2) is 54.9 Å². The number of halogens is 3. The highest BCUT2D eigenvalue weighted by Crippen LogP contribution is 2.31. The molecule has 0 bridgehead atoms. The molecule has 0 atom stereocenters. The average molecular weight is 460 g/mol. The zero-order valence-corrected chi connectivity index (χ0v) is 17.4. The zero-order valence-electron chi connectivity index (χ0n) is 17.4. The number of nitrogens with one attached hydrogen (secondary N) is 1. The van der Waals surface area contributed by atoms with Crippen LogP contribution in [0.5, 0.6) is 11.6 Å². The molecule has 8 nitrogen and oxygen atoms in total. The van der Waals surface area contributed by atoms with Crippen molar-refractivity contribution >= 4 is 17.4 Å². The Kier molecular flexibility index (Phi) is 6.31. The van der Waals surface area contributed by atoms with Gasteiger partial charge in [-0.15, -0.1) is 13.2 Å². The first-order valence-electron chi connectivity index (χ1n) is 9.83. The molecule has 1 aliphatic rings. The van der Waals surface area contributed by atoms with E-state index in [2.05, 4.69) is 20.0 Å². The number of nitrogens with zero attached hydrogens (tertiary/aromatic N) is 3. The first-order valence-corrected chi connectivity index (χ1v) is 9.83. The molecule has 0 radical (unpaired) electrons. The number of anilines is 2. The number of alkyl halides is 3. The van der Waals surface area contributed by atoms with Crippen molar-refractivity contribution in [3.05, 3.63) is 60.4 Å². The number of pyridine rings is 2. The van der Waals surface area contributed by atoms with Gasteiger partial charge in [-0.1, -0.05) is 0 Å². The van der Waals surface area contributed by atoms with Gasteiger partial charge in [-0.3, -0.25) is 4.79 Å². The Morgan fingerprint density at radius 1 is 1.12 bits per heavy atom. The molecule has 33 heavy (non-hydrogen) atoms. The van der Waals surface area contributed by atoms with Gasteiger partial charge in [-0.25, -0.2) is 9.97 Å². The Morgan fingerprint density at radius 2 is 1.91 bits per heavy atom. The number of ether oxygens (including phenoxy) is 3. The summed E-state index contributed by atoms with van der Waals surface area (Å²) in [6.45, 7) is 1.60. The van der Waals surface area contributed by atoms with Crippen LogP contribution in [0.25, 0.3) is 11.1 Å². The van der Waals surface area contributed by atoms with Crippen LogP contribution in [-0.2, 0) is 4.74 Å². The van der Waals surface area contributed by atoms with Crippen LogP contribution < -0.4 is 19.7 Å². The van der Waals surface area contributed by atoms with Crippen LogP contribution in [0.2, 0.25) is 0 Å². The van der Waals surface area contributed by atoms with Crippen molar-refractivity contribution in [1.82, 2.24) is 9.97 Å². The van der Waals surface area contributed by atoms with Crippen molar-refractivity contribution in [3.63, 3.8) is 0 Å². The molecule has 4 rings (SSSR count). The highest BCUT2D eigenvalue weighted by molar-refractivity contribution is 6.05. The van der Waals surface area contributed by atoms with Crippen molar-refractivity contribution < 1.29 is 32.2 Å². The summed E-state index contributed by atoms with van der Waals surface area (Å²) < 4.78 is 51.3. The third kappa shape index (κ3) is 5.50. The topological polar surface area (TPSA) is 85.8 Å². The zero-order chi connectivity index (χ0) is 23.4. The quantitative estimate of drug-likeness (QED) is 0.593. The van der Waals surface area contributed by atoms with E-state index in [9.17, 15) is 18.0 Å². The lowest BCUT2D eigenvalue weighted by molar-refractivity contribution is -0.274. The SMILES string of the molecule is COc1ccc(-c2cc(C(=O)Nc3ccc(OC(F)(F)F)cc3)cnc2N2CCOC2)cn1. The van der Waals surface area contributed by atoms with E-state index in [4.69, 9.17) is 9.47 Å². The van der Waals surface area contributed by atoms with Gasteiger partial charge in [-0.2, -0.15) is 0 Å². The van der Waals surface area contributed by atoms with Crippen molar-refractivity contribution in [2.75, 3.05) is 37.2 Å². The molecular formula is C22H19F3N4O4. The molecule has 1 aliphatic heterocycles. The monoisotopic (exact) mass is 460 g/mol. The van der Waals surface area contributed by atoms with Crippen LogP contribution in [-0.4, -0.2) is 49.2 Å². The van der Waals surface area contributed by atoms with Crippen molar-refractivity contribution in [2.24, 2.45) is 0 Å². The minimum atomic E-state index is -4.79. The molecule has 0 unspecified atom stereocenters. The molecule has 1 aromatic carbocycles. The van der Waals surface area contributed by atoms with Crippen molar-refractivity contribution in [1.29, 1.82) is 0 Å². The van der Waals surface area contributed by atoms with E-state index in [-0.39, 0.29) is 11.3 Å². The largest absolute Gasteiger partial charge is 0.573 e. The summed E-state index contributed by atoms with van der Waals surface area (Å²) in [4.78, 5) is 23.5. The van der Waals surface area contributed by atoms with Crippen molar-refractivity contribution in [3.8, 4) is 22.8 Å². The Labute approximate surface area is 186 Å². The number of hydrogen-bond acceptors (Lipinski definition) is 7. The molecule has 3 heterocycles. The van der Waals surface area contributed by atoms with Crippen molar-refractivity contribution in [2.45, 2.75) is 6.36 Å². The smallest absolute Gasteiger partial charge is 0.481 e. The summed E-state index contributed by atoms with van der Waals surface area (Å²) in [6.07, 6.45) is -1.73. The van der Waals surface area contributed by atoms with E-state index in [0.717, 1.165) is 17.7 Å². The lowest BCUT2D eigenvalue weighted by atomic mass is 10.1. The fourth-order valence-corrected chi connectivity index (χ4v) is 3.23. The van der Waals surface area contributed by atoms with Crippen LogP contribution in [0, 0.1) is 0 Å². The van der Waals surface area contributed by atoms with Crippen LogP contribution in [0.4, 0.5) is 24.7 Å². The number of carbonyl (C=O) groups excluding carboxylic acids is 1. The van der Waals surface area contributed by atoms with Gasteiger partial charge < -0.3 is 24.4 Å². The molecule has 172 valence electrons. The molecule has 3 aromatic rings. The molecule has 1 amide bonds. The summed E-state index contributed by atoms with van der Waals surface area (Å²) >= 11 is 0. The highest BCUT2D eigenvalue weighted by Gasteiger charge is 2.31. The van der Waals surface area contributed by atoms with E-state index in [1.54, 1.807) is 18.3 Å². The number of methoxy groups -OCH3 is 1. The highest BCUT2D eigenvalue weighted by atomic mass is 19.4. The summed E-state index contributed by atoms with van der Waals surface area (Å²) in [5.74, 6) is 0.238. The third-order valence-electron chi connectivity index (χ3n) is 4.78. The second kappa shape index (κ2) is 9.33. The van der Waals surface area contributed by atoms with Gasteiger partial charge >= 0.3 is 6.36 Å². The Balaban J connectivity index is 1.58. The summed E-state index contributed by atoms with van der Waals surface area (Å²) in [5.41, 5.74) is 1.98. The molecule has 0 saturated carbocycles. The fraction of sp³-hybridized carbons (Fsp3) is 0.227. The first kappa shape index (κ1) is 22.3. The molecular weight excluding hydrogens is 441 g/mol. The lowest BCUT2D eigenvalue weighted by Gasteiger charge is -2.19. The molecule has 2 aromatic heterocycles. The predicted octanol–water partition coefficient (Wildman–Crippen LogP) is 4.10. The summed E-state index contributed by atoms with van der Waals surface area (Å²) in [7, 11) is 1.52. The Morgan fingerprint density at radius 3 is 2.52 bits per heavy atom. The maximum atomic E-state index is 12.8. The van der Waals surface area contributed by atoms with Gasteiger partial charge in [0.15, 0.2) is 0 Å². The minimum absolute atomic E-state index is 0.264. The second-order valence-corrected chi connectivity index (χ2v) is 7.01. The fourth-order valence-electron chi connectivity index (χ4n) is 3.23. The van der Waals surface area contributed by atoms with Gasteiger partial charge in [0.2, 0.25) is 5.88 Å². The number of benzene rings is 1. The van der Waals surface area contributed by atoms with E-state index < -0.39 is 12.3 Å². The normalized spacial score (nSPS) is 13.6. The van der Waals surface area contributed by atoms with E-state index in [1.165, 1.54) is 25.4 Å². The van der Waals surface area contributed by atoms with Crippen LogP contribution in [0.3, 0.4) is 0 Å². The lowest BCUT2D eigenvalue weighted by Crippen LogP contribution is -2.21. The minimum Gasteiger partial charge on any atom is -0.481 e. The molecule has 1 N–H and O–H groups in total. The molecule has 11 heteroatoms. The Hall–Kier alpha value is -3.86. The van der Waals surface area contributed by atoms with Crippen LogP contribution >= 0.6 is 0 Å². The van der Waals surface area contributed by atoms with Gasteiger partial charge in [0.25, 0.3) is 5.91 Å². The number of hydrogen-bond donors (Lipinski definition) is 1. The van der Waals surface area contributed by atoms with Crippen LogP contribution in [0.1, 0.15) is 10.4 Å². The maximum absolute atomic E-state index is 12.8. The molecule has 0 spiro atoms. The number of rotatable bonds is 6. The van der Waals surface area contributed by atoms with Gasteiger partial charge in [0.1, 0.15) is 18.3 Å². The van der Waals surface area contributed by atoms with Gasteiger partial charge in [-0.05, 0) is 36.4 Å². The Bertz CT molecular complexity index is 1120. The molecule has 0 aliphatic carbocycles. The predicted molar refractivity (Wildman–Crippen MR) is 113 cm³/mol. The van der Waals surface area contributed by atoms with E-state index >= 15 is 0 Å². The van der Waals surface area contributed by atoms with Gasteiger partial charge in [0.05, 0.1) is 19.3 Å².